The molecule has 1 unspecified atom stereocenters. The number of rotatable bonds is 5. The highest BCUT2D eigenvalue weighted by molar-refractivity contribution is 5.91. The largest absolute Gasteiger partial charge is 0.352 e. The van der Waals surface area contributed by atoms with Gasteiger partial charge in [0.15, 0.2) is 0 Å². The summed E-state index contributed by atoms with van der Waals surface area (Å²) in [6.07, 6.45) is 5.69. The maximum absolute atomic E-state index is 12.3. The van der Waals surface area contributed by atoms with Crippen molar-refractivity contribution < 1.29 is 9.59 Å². The zero-order chi connectivity index (χ0) is 16.9. The SMILES string of the molecule is CC(C(=O)NC1CC1)N1CCN(C(=O)/C=C/c2ccccc2)CC1. The summed E-state index contributed by atoms with van der Waals surface area (Å²) in [4.78, 5) is 28.4. The van der Waals surface area contributed by atoms with Crippen LogP contribution in [0.25, 0.3) is 6.08 Å². The Hall–Kier alpha value is -2.14. The third-order valence-electron chi connectivity index (χ3n) is 4.69. The van der Waals surface area contributed by atoms with E-state index in [9.17, 15) is 9.59 Å². The first kappa shape index (κ1) is 16.7. The number of benzene rings is 1. The lowest BCUT2D eigenvalue weighted by atomic mass is 10.2. The van der Waals surface area contributed by atoms with E-state index in [0.717, 1.165) is 31.5 Å². The predicted octanol–water partition coefficient (Wildman–Crippen LogP) is 1.51. The third kappa shape index (κ3) is 4.45. The average molecular weight is 327 g/mol. The van der Waals surface area contributed by atoms with E-state index >= 15 is 0 Å². The van der Waals surface area contributed by atoms with Crippen molar-refractivity contribution in [2.45, 2.75) is 31.8 Å². The van der Waals surface area contributed by atoms with Crippen LogP contribution in [0.5, 0.6) is 0 Å². The first-order valence-electron chi connectivity index (χ1n) is 8.70. The number of hydrogen-bond donors (Lipinski definition) is 1. The lowest BCUT2D eigenvalue weighted by Crippen LogP contribution is -2.55. The van der Waals surface area contributed by atoms with Gasteiger partial charge in [0.25, 0.3) is 0 Å². The summed E-state index contributed by atoms with van der Waals surface area (Å²) >= 11 is 0. The first-order valence-corrected chi connectivity index (χ1v) is 8.70. The lowest BCUT2D eigenvalue weighted by molar-refractivity contribution is -0.130. The van der Waals surface area contributed by atoms with E-state index in [4.69, 9.17) is 0 Å². The molecule has 1 aliphatic heterocycles. The van der Waals surface area contributed by atoms with E-state index in [2.05, 4.69) is 10.2 Å². The molecule has 0 spiro atoms. The number of piperazine rings is 1. The van der Waals surface area contributed by atoms with Crippen molar-refractivity contribution in [3.63, 3.8) is 0 Å². The molecule has 2 fully saturated rings. The van der Waals surface area contributed by atoms with Crippen LogP contribution in [0, 0.1) is 0 Å². The molecule has 128 valence electrons. The van der Waals surface area contributed by atoms with Gasteiger partial charge in [-0.05, 0) is 31.4 Å². The monoisotopic (exact) mass is 327 g/mol. The number of amides is 2. The molecule has 1 aromatic rings. The van der Waals surface area contributed by atoms with Gasteiger partial charge < -0.3 is 10.2 Å². The van der Waals surface area contributed by atoms with Gasteiger partial charge >= 0.3 is 0 Å². The Morgan fingerprint density at radius 2 is 1.79 bits per heavy atom. The molecule has 2 amide bonds. The Labute approximate surface area is 143 Å². The minimum Gasteiger partial charge on any atom is -0.352 e. The summed E-state index contributed by atoms with van der Waals surface area (Å²) in [5.74, 6) is 0.148. The summed E-state index contributed by atoms with van der Waals surface area (Å²) in [6, 6.07) is 10.1. The summed E-state index contributed by atoms with van der Waals surface area (Å²) in [5, 5.41) is 3.05. The standard InChI is InChI=1S/C19H25N3O2/c1-15(19(24)20-17-8-9-17)21-11-13-22(14-12-21)18(23)10-7-16-5-3-2-4-6-16/h2-7,10,15,17H,8-9,11-14H2,1H3,(H,20,24)/b10-7+. The second-order valence-corrected chi connectivity index (χ2v) is 6.56. The smallest absolute Gasteiger partial charge is 0.246 e. The first-order chi connectivity index (χ1) is 11.6. The van der Waals surface area contributed by atoms with Gasteiger partial charge in [0.2, 0.25) is 11.8 Å². The topological polar surface area (TPSA) is 52.7 Å². The van der Waals surface area contributed by atoms with Gasteiger partial charge in [0.1, 0.15) is 0 Å². The van der Waals surface area contributed by atoms with Crippen LogP contribution in [-0.2, 0) is 9.59 Å². The van der Waals surface area contributed by atoms with Crippen molar-refractivity contribution in [2.24, 2.45) is 0 Å². The third-order valence-corrected chi connectivity index (χ3v) is 4.69. The van der Waals surface area contributed by atoms with Gasteiger partial charge in [0.05, 0.1) is 6.04 Å². The Morgan fingerprint density at radius 3 is 2.42 bits per heavy atom. The Morgan fingerprint density at radius 1 is 1.12 bits per heavy atom. The number of carbonyl (C=O) groups excluding carboxylic acids is 2. The van der Waals surface area contributed by atoms with E-state index in [1.165, 1.54) is 0 Å². The second kappa shape index (κ2) is 7.62. The quantitative estimate of drug-likeness (QED) is 0.834. The molecule has 5 heteroatoms. The molecule has 3 rings (SSSR count). The van der Waals surface area contributed by atoms with E-state index in [1.807, 2.05) is 48.2 Å². The highest BCUT2D eigenvalue weighted by Crippen LogP contribution is 2.19. The van der Waals surface area contributed by atoms with Gasteiger partial charge in [-0.2, -0.15) is 0 Å². The Bertz CT molecular complexity index is 602. The number of nitrogens with zero attached hydrogens (tertiary/aromatic N) is 2. The minimum atomic E-state index is -0.122. The molecule has 1 aromatic carbocycles. The predicted molar refractivity (Wildman–Crippen MR) is 94.3 cm³/mol. The summed E-state index contributed by atoms with van der Waals surface area (Å²) in [6.45, 7) is 4.76. The molecule has 2 aliphatic rings. The zero-order valence-electron chi connectivity index (χ0n) is 14.1. The van der Waals surface area contributed by atoms with Crippen LogP contribution < -0.4 is 5.32 Å². The molecule has 1 atom stereocenters. The van der Waals surface area contributed by atoms with E-state index in [1.54, 1.807) is 6.08 Å². The van der Waals surface area contributed by atoms with Crippen LogP contribution in [0.15, 0.2) is 36.4 Å². The molecule has 5 nitrogen and oxygen atoms in total. The van der Waals surface area contributed by atoms with Gasteiger partial charge in [0, 0.05) is 38.3 Å². The van der Waals surface area contributed by atoms with Crippen molar-refractivity contribution in [3.05, 3.63) is 42.0 Å². The van der Waals surface area contributed by atoms with Gasteiger partial charge in [-0.1, -0.05) is 30.3 Å². The zero-order valence-corrected chi connectivity index (χ0v) is 14.1. The molecule has 1 heterocycles. The van der Waals surface area contributed by atoms with Crippen molar-refractivity contribution in [1.82, 2.24) is 15.1 Å². The number of carbonyl (C=O) groups is 2. The van der Waals surface area contributed by atoms with Crippen LogP contribution in [0.2, 0.25) is 0 Å². The summed E-state index contributed by atoms with van der Waals surface area (Å²) < 4.78 is 0. The van der Waals surface area contributed by atoms with Gasteiger partial charge in [-0.25, -0.2) is 0 Å². The van der Waals surface area contributed by atoms with Crippen molar-refractivity contribution in [1.29, 1.82) is 0 Å². The van der Waals surface area contributed by atoms with E-state index in [-0.39, 0.29) is 17.9 Å². The maximum Gasteiger partial charge on any atom is 0.246 e. The molecule has 0 aromatic heterocycles. The normalized spacial score (nSPS) is 20.1. The van der Waals surface area contributed by atoms with Crippen LogP contribution in [-0.4, -0.2) is 59.9 Å². The van der Waals surface area contributed by atoms with Crippen LogP contribution in [0.1, 0.15) is 25.3 Å². The van der Waals surface area contributed by atoms with Gasteiger partial charge in [-0.3, -0.25) is 14.5 Å². The lowest BCUT2D eigenvalue weighted by Gasteiger charge is -2.37. The highest BCUT2D eigenvalue weighted by Gasteiger charge is 2.30. The number of hydrogen-bond acceptors (Lipinski definition) is 3. The fraction of sp³-hybridized carbons (Fsp3) is 0.474. The van der Waals surface area contributed by atoms with Crippen LogP contribution in [0.4, 0.5) is 0 Å². The molecule has 1 saturated heterocycles. The van der Waals surface area contributed by atoms with E-state index < -0.39 is 0 Å². The molecule has 1 N–H and O–H groups in total. The Kier molecular flexibility index (Phi) is 5.30. The van der Waals surface area contributed by atoms with Crippen molar-refractivity contribution in [3.8, 4) is 0 Å². The molecule has 24 heavy (non-hydrogen) atoms. The van der Waals surface area contributed by atoms with Crippen LogP contribution in [0.3, 0.4) is 0 Å². The molecule has 1 aliphatic carbocycles. The molecule has 0 bridgehead atoms. The minimum absolute atomic E-state index is 0.0357. The summed E-state index contributed by atoms with van der Waals surface area (Å²) in [5.41, 5.74) is 1.02. The number of nitrogens with one attached hydrogen (secondary N) is 1. The van der Waals surface area contributed by atoms with Crippen molar-refractivity contribution >= 4 is 17.9 Å². The van der Waals surface area contributed by atoms with Gasteiger partial charge in [-0.15, -0.1) is 0 Å². The average Bonchev–Trinajstić information content (AvgIpc) is 3.44. The maximum atomic E-state index is 12.3. The highest BCUT2D eigenvalue weighted by atomic mass is 16.2. The fourth-order valence-electron chi connectivity index (χ4n) is 2.88. The van der Waals surface area contributed by atoms with Crippen LogP contribution >= 0.6 is 0 Å². The Balaban J connectivity index is 1.46. The second-order valence-electron chi connectivity index (χ2n) is 6.56. The summed E-state index contributed by atoms with van der Waals surface area (Å²) in [7, 11) is 0. The molecular weight excluding hydrogens is 302 g/mol. The molecule has 0 radical (unpaired) electrons. The van der Waals surface area contributed by atoms with Crippen molar-refractivity contribution in [2.75, 3.05) is 26.2 Å². The van der Waals surface area contributed by atoms with E-state index in [0.29, 0.717) is 19.1 Å². The molecule has 1 saturated carbocycles. The fourth-order valence-corrected chi connectivity index (χ4v) is 2.88. The molecular formula is C19H25N3O2.